The molecule has 1 aromatic carbocycles. The summed E-state index contributed by atoms with van der Waals surface area (Å²) in [5.74, 6) is 0.796. The molecule has 30 heavy (non-hydrogen) atoms. The van der Waals surface area contributed by atoms with Gasteiger partial charge in [0.1, 0.15) is 17.8 Å². The molecule has 9 nitrogen and oxygen atoms in total. The van der Waals surface area contributed by atoms with Crippen LogP contribution in [0.3, 0.4) is 0 Å². The van der Waals surface area contributed by atoms with E-state index in [2.05, 4.69) is 9.97 Å². The average molecular weight is 413 g/mol. The Morgan fingerprint density at radius 2 is 2.00 bits per heavy atom. The lowest BCUT2D eigenvalue weighted by atomic mass is 10.2. The highest BCUT2D eigenvalue weighted by atomic mass is 16.5. The lowest BCUT2D eigenvalue weighted by Gasteiger charge is -2.25. The van der Waals surface area contributed by atoms with Crippen molar-refractivity contribution in [1.29, 1.82) is 0 Å². The number of aromatic nitrogens is 3. The number of nitrogens with zero attached hydrogens (tertiary/aromatic N) is 3. The smallest absolute Gasteiger partial charge is 0.330 e. The van der Waals surface area contributed by atoms with Gasteiger partial charge in [0.25, 0.3) is 5.56 Å². The second kappa shape index (κ2) is 9.45. The zero-order valence-corrected chi connectivity index (χ0v) is 17.4. The van der Waals surface area contributed by atoms with E-state index in [-0.39, 0.29) is 24.0 Å². The van der Waals surface area contributed by atoms with Crippen molar-refractivity contribution in [3.63, 3.8) is 0 Å². The minimum atomic E-state index is -0.541. The summed E-state index contributed by atoms with van der Waals surface area (Å²) in [5.41, 5.74) is 6.92. The largest absolute Gasteiger partial charge is 0.444 e. The highest BCUT2D eigenvalue weighted by Crippen LogP contribution is 2.22. The molecule has 0 unspecified atom stereocenters. The van der Waals surface area contributed by atoms with Gasteiger partial charge >= 0.3 is 5.69 Å². The Morgan fingerprint density at radius 3 is 2.67 bits per heavy atom. The second-order valence-corrected chi connectivity index (χ2v) is 7.42. The fourth-order valence-electron chi connectivity index (χ4n) is 3.19. The lowest BCUT2D eigenvalue weighted by Crippen LogP contribution is -2.40. The van der Waals surface area contributed by atoms with Gasteiger partial charge in [-0.05, 0) is 18.1 Å². The minimum absolute atomic E-state index is 0.125. The fourth-order valence-corrected chi connectivity index (χ4v) is 3.19. The van der Waals surface area contributed by atoms with Gasteiger partial charge in [-0.25, -0.2) is 9.78 Å². The van der Waals surface area contributed by atoms with E-state index in [0.29, 0.717) is 31.3 Å². The topological polar surface area (TPSA) is 119 Å². The van der Waals surface area contributed by atoms with Crippen molar-refractivity contribution in [3.8, 4) is 11.5 Å². The molecule has 3 rings (SSSR count). The van der Waals surface area contributed by atoms with Crippen LogP contribution in [-0.4, -0.2) is 34.8 Å². The number of nitrogens with one attached hydrogen (secondary N) is 1. The van der Waals surface area contributed by atoms with Gasteiger partial charge in [-0.1, -0.05) is 32.0 Å². The molecular formula is C21H27N5O4. The van der Waals surface area contributed by atoms with Gasteiger partial charge in [-0.15, -0.1) is 0 Å². The SMILES string of the molecule is COCCN(Cc1coc(-c2ccccc2)n1)c1c(N)n(CC(C)C)c(=O)[nH]c1=O. The maximum atomic E-state index is 12.6. The predicted octanol–water partition coefficient (Wildman–Crippen LogP) is 2.08. The van der Waals surface area contributed by atoms with Crippen molar-refractivity contribution >= 4 is 11.5 Å². The monoisotopic (exact) mass is 413 g/mol. The minimum Gasteiger partial charge on any atom is -0.444 e. The first-order valence-corrected chi connectivity index (χ1v) is 9.77. The van der Waals surface area contributed by atoms with Crippen LogP contribution in [-0.2, 0) is 17.8 Å². The molecular weight excluding hydrogens is 386 g/mol. The van der Waals surface area contributed by atoms with Gasteiger partial charge in [0, 0.05) is 25.8 Å². The highest BCUT2D eigenvalue weighted by molar-refractivity contribution is 5.62. The van der Waals surface area contributed by atoms with E-state index in [1.165, 1.54) is 4.57 Å². The summed E-state index contributed by atoms with van der Waals surface area (Å²) in [7, 11) is 1.58. The Kier molecular flexibility index (Phi) is 6.73. The second-order valence-electron chi connectivity index (χ2n) is 7.42. The molecule has 3 aromatic rings. The average Bonchev–Trinajstić information content (AvgIpc) is 3.18. The van der Waals surface area contributed by atoms with E-state index in [1.54, 1.807) is 18.3 Å². The van der Waals surface area contributed by atoms with Crippen molar-refractivity contribution in [2.45, 2.75) is 26.9 Å². The number of rotatable bonds is 9. The van der Waals surface area contributed by atoms with Crippen LogP contribution in [0.2, 0.25) is 0 Å². The van der Waals surface area contributed by atoms with Crippen LogP contribution < -0.4 is 21.9 Å². The lowest BCUT2D eigenvalue weighted by molar-refractivity contribution is 0.205. The first-order chi connectivity index (χ1) is 14.4. The van der Waals surface area contributed by atoms with E-state index in [0.717, 1.165) is 5.56 Å². The molecule has 0 aliphatic heterocycles. The molecule has 9 heteroatoms. The van der Waals surface area contributed by atoms with Crippen LogP contribution in [0, 0.1) is 5.92 Å². The molecule has 2 heterocycles. The Hall–Kier alpha value is -3.33. The number of nitrogen functional groups attached to an aromatic ring is 1. The summed E-state index contributed by atoms with van der Waals surface area (Å²) < 4.78 is 12.2. The Bertz CT molecular complexity index is 1080. The van der Waals surface area contributed by atoms with E-state index in [9.17, 15) is 9.59 Å². The van der Waals surface area contributed by atoms with E-state index >= 15 is 0 Å². The highest BCUT2D eigenvalue weighted by Gasteiger charge is 2.21. The van der Waals surface area contributed by atoms with Crippen LogP contribution >= 0.6 is 0 Å². The van der Waals surface area contributed by atoms with Crippen LogP contribution in [0.15, 0.2) is 50.6 Å². The van der Waals surface area contributed by atoms with Gasteiger partial charge in [-0.2, -0.15) is 0 Å². The molecule has 0 aliphatic carbocycles. The summed E-state index contributed by atoms with van der Waals surface area (Å²) in [6.07, 6.45) is 1.55. The molecule has 2 aromatic heterocycles. The summed E-state index contributed by atoms with van der Waals surface area (Å²) in [5, 5.41) is 0. The number of benzene rings is 1. The van der Waals surface area contributed by atoms with E-state index in [4.69, 9.17) is 14.9 Å². The van der Waals surface area contributed by atoms with Crippen LogP contribution in [0.25, 0.3) is 11.5 Å². The quantitative estimate of drug-likeness (QED) is 0.551. The van der Waals surface area contributed by atoms with Gasteiger partial charge in [0.05, 0.1) is 18.8 Å². The molecule has 160 valence electrons. The first kappa shape index (κ1) is 21.4. The van der Waals surface area contributed by atoms with E-state index in [1.807, 2.05) is 44.2 Å². The summed E-state index contributed by atoms with van der Waals surface area (Å²) in [6, 6.07) is 9.54. The van der Waals surface area contributed by atoms with Gasteiger partial charge in [-0.3, -0.25) is 14.3 Å². The summed E-state index contributed by atoms with van der Waals surface area (Å²) in [4.78, 5) is 33.6. The van der Waals surface area contributed by atoms with Crippen molar-refractivity contribution < 1.29 is 9.15 Å². The number of H-pyrrole nitrogens is 1. The maximum Gasteiger partial charge on any atom is 0.330 e. The molecule has 0 atom stereocenters. The fraction of sp³-hybridized carbons (Fsp3) is 0.381. The van der Waals surface area contributed by atoms with Crippen LogP contribution in [0.1, 0.15) is 19.5 Å². The Balaban J connectivity index is 1.96. The number of methoxy groups -OCH3 is 1. The van der Waals surface area contributed by atoms with Crippen molar-refractivity contribution in [1.82, 2.24) is 14.5 Å². The molecule has 0 fully saturated rings. The molecule has 0 saturated carbocycles. The third-order valence-electron chi connectivity index (χ3n) is 4.57. The summed E-state index contributed by atoms with van der Waals surface area (Å²) >= 11 is 0. The standard InChI is InChI=1S/C21H27N5O4/c1-14(2)11-26-18(22)17(19(27)24-21(26)28)25(9-10-29-3)12-16-13-30-20(23-16)15-7-5-4-6-8-15/h4-8,13-14H,9-12,22H2,1-3H3,(H,24,27,28). The normalized spacial score (nSPS) is 11.2. The molecule has 0 radical (unpaired) electrons. The Morgan fingerprint density at radius 1 is 1.27 bits per heavy atom. The molecule has 3 N–H and O–H groups in total. The molecule has 0 amide bonds. The maximum absolute atomic E-state index is 12.6. The number of oxazole rings is 1. The van der Waals surface area contributed by atoms with Gasteiger partial charge in [0.2, 0.25) is 5.89 Å². The zero-order valence-electron chi connectivity index (χ0n) is 17.4. The molecule has 0 saturated heterocycles. The van der Waals surface area contributed by atoms with Gasteiger partial charge < -0.3 is 19.8 Å². The first-order valence-electron chi connectivity index (χ1n) is 9.77. The van der Waals surface area contributed by atoms with Crippen molar-refractivity contribution in [2.24, 2.45) is 5.92 Å². The van der Waals surface area contributed by atoms with Gasteiger partial charge in [0.15, 0.2) is 0 Å². The third-order valence-corrected chi connectivity index (χ3v) is 4.57. The number of ether oxygens (including phenoxy) is 1. The van der Waals surface area contributed by atoms with Crippen molar-refractivity contribution in [2.75, 3.05) is 30.9 Å². The van der Waals surface area contributed by atoms with Crippen LogP contribution in [0.4, 0.5) is 11.5 Å². The third kappa shape index (κ3) is 4.80. The molecule has 0 spiro atoms. The zero-order chi connectivity index (χ0) is 21.7. The van der Waals surface area contributed by atoms with E-state index < -0.39 is 11.2 Å². The number of hydrogen-bond donors (Lipinski definition) is 2. The predicted molar refractivity (Wildman–Crippen MR) is 115 cm³/mol. The number of aromatic amines is 1. The number of anilines is 2. The summed E-state index contributed by atoms with van der Waals surface area (Å²) in [6.45, 7) is 5.37. The van der Waals surface area contributed by atoms with Crippen molar-refractivity contribution in [3.05, 3.63) is 63.1 Å². The number of nitrogens with two attached hydrogens (primary N) is 1. The number of hydrogen-bond acceptors (Lipinski definition) is 7. The molecule has 0 aliphatic rings. The van der Waals surface area contributed by atoms with Crippen LogP contribution in [0.5, 0.6) is 0 Å². The Labute approximate surface area is 174 Å². The molecule has 0 bridgehead atoms.